The topological polar surface area (TPSA) is 78.9 Å². The Balaban J connectivity index is 4.36. The summed E-state index contributed by atoms with van der Waals surface area (Å²) in [6.07, 6.45) is 67.5. The molecule has 1 atom stereocenters. The van der Waals surface area contributed by atoms with Gasteiger partial charge in [0.1, 0.15) is 13.2 Å². The van der Waals surface area contributed by atoms with Gasteiger partial charge in [0.05, 0.1) is 0 Å². The highest BCUT2D eigenvalue weighted by Gasteiger charge is 2.19. The molecule has 0 aliphatic rings. The molecule has 0 saturated carbocycles. The van der Waals surface area contributed by atoms with Gasteiger partial charge in [-0.15, -0.1) is 0 Å². The van der Waals surface area contributed by atoms with Crippen LogP contribution in [-0.4, -0.2) is 37.2 Å². The minimum Gasteiger partial charge on any atom is -0.462 e. The van der Waals surface area contributed by atoms with Crippen LogP contribution in [0.15, 0.2) is 72.9 Å². The van der Waals surface area contributed by atoms with E-state index in [0.717, 1.165) is 103 Å². The van der Waals surface area contributed by atoms with Crippen molar-refractivity contribution in [2.24, 2.45) is 0 Å². The van der Waals surface area contributed by atoms with Gasteiger partial charge in [0.2, 0.25) is 0 Å². The van der Waals surface area contributed by atoms with Crippen LogP contribution in [0.5, 0.6) is 0 Å². The summed E-state index contributed by atoms with van der Waals surface area (Å²) in [6, 6.07) is 0. The smallest absolute Gasteiger partial charge is 0.306 e. The average Bonchev–Trinajstić information content (AvgIpc) is 3.30. The second-order valence-electron chi connectivity index (χ2n) is 18.3. The van der Waals surface area contributed by atoms with Crippen molar-refractivity contribution in [3.63, 3.8) is 0 Å². The van der Waals surface area contributed by atoms with Crippen LogP contribution < -0.4 is 0 Å². The minimum absolute atomic E-state index is 0.0878. The molecule has 0 rings (SSSR count). The van der Waals surface area contributed by atoms with Crippen molar-refractivity contribution >= 4 is 17.9 Å². The van der Waals surface area contributed by atoms with Crippen LogP contribution in [0.1, 0.15) is 265 Å². The van der Waals surface area contributed by atoms with Crippen LogP contribution in [0.25, 0.3) is 0 Å². The summed E-state index contributed by atoms with van der Waals surface area (Å²) in [5, 5.41) is 0. The fourth-order valence-corrected chi connectivity index (χ4v) is 7.63. The van der Waals surface area contributed by atoms with E-state index in [4.69, 9.17) is 14.2 Å². The van der Waals surface area contributed by atoms with Gasteiger partial charge in [-0.05, 0) is 57.8 Å². The second kappa shape index (κ2) is 53.5. The van der Waals surface area contributed by atoms with Crippen molar-refractivity contribution in [3.05, 3.63) is 72.9 Å². The van der Waals surface area contributed by atoms with Crippen LogP contribution in [0.3, 0.4) is 0 Å². The van der Waals surface area contributed by atoms with Crippen molar-refractivity contribution in [2.75, 3.05) is 13.2 Å². The first-order valence-corrected chi connectivity index (χ1v) is 27.5. The number of rotatable bonds is 49. The highest BCUT2D eigenvalue weighted by Crippen LogP contribution is 2.16. The van der Waals surface area contributed by atoms with E-state index in [9.17, 15) is 14.4 Å². The van der Waals surface area contributed by atoms with Crippen molar-refractivity contribution < 1.29 is 28.6 Å². The standard InChI is InChI=1S/C59H102O6/c1-4-7-10-13-16-19-22-24-26-28-30-32-33-35-37-40-43-46-49-52-58(61)64-55-56(54-63-57(60)51-48-45-42-39-21-18-15-12-9-6-3)65-59(62)53-50-47-44-41-38-36-34-31-29-27-25-23-20-17-14-11-8-5-2/h11,14-15,17-18,20,23,25,27,29,31,34,56H,4-10,12-13,16,19,21-22,24,26,28,30,32-33,35-55H2,1-3H3/b14-11-,18-15-,20-17-,25-23-,29-27-,34-31-. The Labute approximate surface area is 402 Å². The van der Waals surface area contributed by atoms with Crippen molar-refractivity contribution in [1.29, 1.82) is 0 Å². The predicted molar refractivity (Wildman–Crippen MR) is 279 cm³/mol. The van der Waals surface area contributed by atoms with Gasteiger partial charge in [-0.3, -0.25) is 14.4 Å². The van der Waals surface area contributed by atoms with E-state index < -0.39 is 6.10 Å². The molecule has 0 amide bonds. The molecule has 0 aliphatic carbocycles. The highest BCUT2D eigenvalue weighted by molar-refractivity contribution is 5.71. The summed E-state index contributed by atoms with van der Waals surface area (Å²) in [5.41, 5.74) is 0. The average molecular weight is 907 g/mol. The molecule has 0 heterocycles. The maximum Gasteiger partial charge on any atom is 0.306 e. The molecule has 6 nitrogen and oxygen atoms in total. The summed E-state index contributed by atoms with van der Waals surface area (Å²) in [4.78, 5) is 38.0. The van der Waals surface area contributed by atoms with Gasteiger partial charge in [-0.25, -0.2) is 0 Å². The number of carbonyl (C=O) groups excluding carboxylic acids is 3. The summed E-state index contributed by atoms with van der Waals surface area (Å²) in [5.74, 6) is -0.921. The van der Waals surface area contributed by atoms with Gasteiger partial charge in [-0.2, -0.15) is 0 Å². The quantitative estimate of drug-likeness (QED) is 0.0199. The first-order valence-electron chi connectivity index (χ1n) is 27.5. The highest BCUT2D eigenvalue weighted by atomic mass is 16.6. The molecule has 374 valence electrons. The molecular weight excluding hydrogens is 805 g/mol. The van der Waals surface area contributed by atoms with E-state index in [1.54, 1.807) is 0 Å². The zero-order chi connectivity index (χ0) is 47.2. The fourth-order valence-electron chi connectivity index (χ4n) is 7.63. The SMILES string of the molecule is CCC\C=C/C=C\C=C/C=C\C=C/CCCCCCCC(=O)OC(COC(=O)CCCCCC/C=C\CCCC)COC(=O)CCCCCCCCCCCCCCCCCCCCC. The lowest BCUT2D eigenvalue weighted by Crippen LogP contribution is -2.30. The van der Waals surface area contributed by atoms with Gasteiger partial charge in [0.25, 0.3) is 0 Å². The lowest BCUT2D eigenvalue weighted by molar-refractivity contribution is -0.167. The van der Waals surface area contributed by atoms with Gasteiger partial charge in [0, 0.05) is 19.3 Å². The molecule has 0 aliphatic heterocycles. The van der Waals surface area contributed by atoms with E-state index in [1.807, 2.05) is 24.3 Å². The second-order valence-corrected chi connectivity index (χ2v) is 18.3. The lowest BCUT2D eigenvalue weighted by Gasteiger charge is -2.18. The molecule has 0 N–H and O–H groups in total. The molecule has 1 unspecified atom stereocenters. The Morgan fingerprint density at radius 3 is 1.02 bits per heavy atom. The monoisotopic (exact) mass is 907 g/mol. The Bertz CT molecular complexity index is 1230. The van der Waals surface area contributed by atoms with Gasteiger partial charge in [0.15, 0.2) is 6.10 Å². The van der Waals surface area contributed by atoms with Crippen LogP contribution in [0.4, 0.5) is 0 Å². The first kappa shape index (κ1) is 61.9. The molecule has 0 aromatic heterocycles. The lowest BCUT2D eigenvalue weighted by atomic mass is 10.0. The molecule has 0 bridgehead atoms. The van der Waals surface area contributed by atoms with E-state index in [-0.39, 0.29) is 31.1 Å². The Kier molecular flexibility index (Phi) is 50.9. The van der Waals surface area contributed by atoms with E-state index in [1.165, 1.54) is 122 Å². The van der Waals surface area contributed by atoms with Crippen LogP contribution in [0.2, 0.25) is 0 Å². The normalized spacial score (nSPS) is 12.6. The Hall–Kier alpha value is -3.15. The van der Waals surface area contributed by atoms with Crippen molar-refractivity contribution in [1.82, 2.24) is 0 Å². The molecule has 6 heteroatoms. The zero-order valence-electron chi connectivity index (χ0n) is 42.7. The van der Waals surface area contributed by atoms with Crippen LogP contribution in [-0.2, 0) is 28.6 Å². The number of carbonyl (C=O) groups is 3. The number of esters is 3. The van der Waals surface area contributed by atoms with E-state index >= 15 is 0 Å². The predicted octanol–water partition coefficient (Wildman–Crippen LogP) is 18.2. The van der Waals surface area contributed by atoms with E-state index in [0.29, 0.717) is 19.3 Å². The largest absolute Gasteiger partial charge is 0.462 e. The number of allylic oxidation sites excluding steroid dienone is 12. The maximum absolute atomic E-state index is 12.8. The third-order valence-corrected chi connectivity index (χ3v) is 11.8. The van der Waals surface area contributed by atoms with Gasteiger partial charge >= 0.3 is 17.9 Å². The zero-order valence-corrected chi connectivity index (χ0v) is 42.7. The van der Waals surface area contributed by atoms with E-state index in [2.05, 4.69) is 69.4 Å². The number of ether oxygens (including phenoxy) is 3. The first-order chi connectivity index (χ1) is 32.0. The molecule has 0 aromatic rings. The summed E-state index contributed by atoms with van der Waals surface area (Å²) < 4.78 is 16.8. The van der Waals surface area contributed by atoms with Crippen molar-refractivity contribution in [3.8, 4) is 0 Å². The molecule has 65 heavy (non-hydrogen) atoms. The Morgan fingerprint density at radius 2 is 0.615 bits per heavy atom. The molecule has 0 saturated heterocycles. The van der Waals surface area contributed by atoms with Crippen LogP contribution >= 0.6 is 0 Å². The summed E-state index contributed by atoms with van der Waals surface area (Å²) in [6.45, 7) is 6.49. The number of hydrogen-bond acceptors (Lipinski definition) is 6. The fraction of sp³-hybridized carbons (Fsp3) is 0.746. The number of hydrogen-bond donors (Lipinski definition) is 0. The maximum atomic E-state index is 12.8. The van der Waals surface area contributed by atoms with Gasteiger partial charge < -0.3 is 14.2 Å². The van der Waals surface area contributed by atoms with Gasteiger partial charge in [-0.1, -0.05) is 261 Å². The molecule has 0 spiro atoms. The third kappa shape index (κ3) is 51.7. The Morgan fingerprint density at radius 1 is 0.308 bits per heavy atom. The molecule has 0 aromatic carbocycles. The molecule has 0 fully saturated rings. The summed E-state index contributed by atoms with van der Waals surface area (Å²) >= 11 is 0. The minimum atomic E-state index is -0.791. The molecular formula is C59H102O6. The third-order valence-electron chi connectivity index (χ3n) is 11.8. The summed E-state index contributed by atoms with van der Waals surface area (Å²) in [7, 11) is 0. The van der Waals surface area contributed by atoms with Crippen molar-refractivity contribution in [2.45, 2.75) is 271 Å². The van der Waals surface area contributed by atoms with Crippen LogP contribution in [0, 0.1) is 0 Å². The number of unbranched alkanes of at least 4 members (excludes halogenated alkanes) is 30. The molecule has 0 radical (unpaired) electrons.